The molecule has 3 atom stereocenters. The van der Waals surface area contributed by atoms with Crippen LogP contribution in [0.15, 0.2) is 0 Å². The van der Waals surface area contributed by atoms with E-state index >= 15 is 0 Å². The van der Waals surface area contributed by atoms with Gasteiger partial charge in [0.05, 0.1) is 18.1 Å². The number of carboxylic acids is 1. The number of ether oxygens (including phenoxy) is 1. The van der Waals surface area contributed by atoms with Gasteiger partial charge >= 0.3 is 5.97 Å². The Morgan fingerprint density at radius 1 is 1.24 bits per heavy atom. The fourth-order valence-electron chi connectivity index (χ4n) is 4.21. The molecule has 21 heavy (non-hydrogen) atoms. The molecule has 0 aromatic rings. The topological polar surface area (TPSA) is 75.6 Å². The van der Waals surface area contributed by atoms with Gasteiger partial charge in [-0.1, -0.05) is 13.3 Å². The van der Waals surface area contributed by atoms with Gasteiger partial charge in [0.2, 0.25) is 5.91 Å². The normalized spacial score (nSPS) is 42.0. The molecule has 0 aromatic carbocycles. The Labute approximate surface area is 125 Å². The van der Waals surface area contributed by atoms with Crippen molar-refractivity contribution in [2.24, 2.45) is 11.8 Å². The molecule has 3 fully saturated rings. The molecule has 0 aromatic heterocycles. The number of nitrogens with one attached hydrogen (secondary N) is 1. The first kappa shape index (κ1) is 14.8. The summed E-state index contributed by atoms with van der Waals surface area (Å²) in [7, 11) is 0. The lowest BCUT2D eigenvalue weighted by Gasteiger charge is -2.38. The van der Waals surface area contributed by atoms with Gasteiger partial charge in [0, 0.05) is 0 Å². The van der Waals surface area contributed by atoms with Crippen LogP contribution in [0.3, 0.4) is 0 Å². The van der Waals surface area contributed by atoms with Crippen LogP contribution in [0, 0.1) is 11.8 Å². The van der Waals surface area contributed by atoms with Crippen LogP contribution >= 0.6 is 0 Å². The molecule has 1 amide bonds. The molecule has 2 aliphatic heterocycles. The molecule has 5 nitrogen and oxygen atoms in total. The number of hydrogen-bond donors (Lipinski definition) is 2. The second-order valence-electron chi connectivity index (χ2n) is 6.94. The second-order valence-corrected chi connectivity index (χ2v) is 6.94. The number of fused-ring (bicyclic) bond motifs is 2. The summed E-state index contributed by atoms with van der Waals surface area (Å²) in [5.74, 6) is -0.543. The molecule has 5 heteroatoms. The van der Waals surface area contributed by atoms with E-state index in [0.29, 0.717) is 18.8 Å². The average Bonchev–Trinajstić information content (AvgIpc) is 3.10. The number of aliphatic carboxylic acids is 1. The Bertz CT molecular complexity index is 428. The molecule has 1 saturated carbocycles. The highest BCUT2D eigenvalue weighted by atomic mass is 16.5. The van der Waals surface area contributed by atoms with E-state index in [2.05, 4.69) is 12.2 Å². The summed E-state index contributed by atoms with van der Waals surface area (Å²) < 4.78 is 5.71. The predicted molar refractivity (Wildman–Crippen MR) is 76.8 cm³/mol. The predicted octanol–water partition coefficient (Wildman–Crippen LogP) is 2.09. The highest BCUT2D eigenvalue weighted by Crippen LogP contribution is 2.40. The lowest BCUT2D eigenvalue weighted by Crippen LogP contribution is -2.58. The maximum Gasteiger partial charge on any atom is 0.329 e. The van der Waals surface area contributed by atoms with E-state index in [1.165, 1.54) is 0 Å². The minimum absolute atomic E-state index is 0.00725. The van der Waals surface area contributed by atoms with E-state index in [-0.39, 0.29) is 24.0 Å². The molecule has 3 rings (SSSR count). The zero-order valence-electron chi connectivity index (χ0n) is 12.6. The summed E-state index contributed by atoms with van der Waals surface area (Å²) in [4.78, 5) is 24.2. The molecule has 1 aliphatic carbocycles. The van der Waals surface area contributed by atoms with E-state index in [9.17, 15) is 14.7 Å². The monoisotopic (exact) mass is 295 g/mol. The van der Waals surface area contributed by atoms with Gasteiger partial charge in [0.15, 0.2) is 0 Å². The molecule has 3 aliphatic rings. The van der Waals surface area contributed by atoms with Crippen molar-refractivity contribution in [2.45, 2.75) is 76.0 Å². The number of amides is 1. The molecule has 2 saturated heterocycles. The van der Waals surface area contributed by atoms with Crippen molar-refractivity contribution in [3.8, 4) is 0 Å². The first-order valence-corrected chi connectivity index (χ1v) is 8.25. The van der Waals surface area contributed by atoms with Crippen LogP contribution < -0.4 is 5.32 Å². The third-order valence-corrected chi connectivity index (χ3v) is 5.75. The van der Waals surface area contributed by atoms with E-state index in [1.807, 2.05) is 0 Å². The lowest BCUT2D eigenvalue weighted by molar-refractivity contribution is -0.150. The highest BCUT2D eigenvalue weighted by molar-refractivity contribution is 5.88. The van der Waals surface area contributed by atoms with Gasteiger partial charge in [0.1, 0.15) is 5.54 Å². The number of rotatable bonds is 4. The van der Waals surface area contributed by atoms with Crippen molar-refractivity contribution < 1.29 is 19.4 Å². The summed E-state index contributed by atoms with van der Waals surface area (Å²) in [6.45, 7) is 2.14. The Hall–Kier alpha value is -1.10. The Morgan fingerprint density at radius 2 is 1.95 bits per heavy atom. The van der Waals surface area contributed by atoms with Gasteiger partial charge in [-0.2, -0.15) is 0 Å². The first-order valence-electron chi connectivity index (χ1n) is 8.25. The van der Waals surface area contributed by atoms with E-state index < -0.39 is 11.5 Å². The minimum Gasteiger partial charge on any atom is -0.480 e. The van der Waals surface area contributed by atoms with Gasteiger partial charge in [-0.3, -0.25) is 4.79 Å². The van der Waals surface area contributed by atoms with Gasteiger partial charge < -0.3 is 15.2 Å². The quantitative estimate of drug-likeness (QED) is 0.832. The fourth-order valence-corrected chi connectivity index (χ4v) is 4.21. The fraction of sp³-hybridized carbons (Fsp3) is 0.875. The molecule has 118 valence electrons. The molecule has 2 heterocycles. The number of carbonyl (C=O) groups is 2. The molecule has 0 radical (unpaired) electrons. The van der Waals surface area contributed by atoms with Crippen molar-refractivity contribution in [3.63, 3.8) is 0 Å². The summed E-state index contributed by atoms with van der Waals surface area (Å²) in [5, 5.41) is 12.5. The Morgan fingerprint density at radius 3 is 2.43 bits per heavy atom. The van der Waals surface area contributed by atoms with Crippen LogP contribution in [0.4, 0.5) is 0 Å². The molecule has 2 N–H and O–H groups in total. The summed E-state index contributed by atoms with van der Waals surface area (Å²) in [5.41, 5.74) is -1.05. The minimum atomic E-state index is -1.05. The van der Waals surface area contributed by atoms with Crippen LogP contribution in [0.25, 0.3) is 0 Å². The molecular formula is C16H25NO4. The van der Waals surface area contributed by atoms with Crippen molar-refractivity contribution in [3.05, 3.63) is 0 Å². The van der Waals surface area contributed by atoms with E-state index in [0.717, 1.165) is 38.5 Å². The van der Waals surface area contributed by atoms with Crippen molar-refractivity contribution in [2.75, 3.05) is 0 Å². The molecule has 2 bridgehead atoms. The van der Waals surface area contributed by atoms with Gasteiger partial charge in [-0.25, -0.2) is 4.79 Å². The molecule has 0 spiro atoms. The smallest absolute Gasteiger partial charge is 0.329 e. The lowest BCUT2D eigenvalue weighted by atomic mass is 9.75. The van der Waals surface area contributed by atoms with Crippen LogP contribution in [0.1, 0.15) is 58.3 Å². The van der Waals surface area contributed by atoms with Gasteiger partial charge in [-0.15, -0.1) is 0 Å². The van der Waals surface area contributed by atoms with Crippen LogP contribution in [0.5, 0.6) is 0 Å². The molecule has 3 unspecified atom stereocenters. The largest absolute Gasteiger partial charge is 0.480 e. The number of carbonyl (C=O) groups excluding carboxylic acids is 1. The number of hydrogen-bond acceptors (Lipinski definition) is 3. The highest BCUT2D eigenvalue weighted by Gasteiger charge is 2.48. The zero-order valence-corrected chi connectivity index (χ0v) is 12.6. The SMILES string of the molecule is CCC1CCC(NC(=O)C2CC3CCC2O3)(C(=O)O)CC1. The first-order chi connectivity index (χ1) is 10.0. The summed E-state index contributed by atoms with van der Waals surface area (Å²) in [6.07, 6.45) is 6.90. The van der Waals surface area contributed by atoms with Crippen molar-refractivity contribution >= 4 is 11.9 Å². The third-order valence-electron chi connectivity index (χ3n) is 5.75. The van der Waals surface area contributed by atoms with Crippen molar-refractivity contribution in [1.82, 2.24) is 5.32 Å². The Kier molecular flexibility index (Phi) is 3.95. The summed E-state index contributed by atoms with van der Waals surface area (Å²) >= 11 is 0. The van der Waals surface area contributed by atoms with E-state index in [1.54, 1.807) is 0 Å². The van der Waals surface area contributed by atoms with Gasteiger partial charge in [0.25, 0.3) is 0 Å². The Balaban J connectivity index is 1.65. The van der Waals surface area contributed by atoms with Gasteiger partial charge in [-0.05, 0) is 50.9 Å². The second kappa shape index (κ2) is 5.59. The third kappa shape index (κ3) is 2.68. The maximum absolute atomic E-state index is 12.5. The molecular weight excluding hydrogens is 270 g/mol. The standard InChI is InChI=1S/C16H25NO4/c1-2-10-5-7-16(8-6-10,15(19)20)17-14(18)12-9-11-3-4-13(12)21-11/h10-13H,2-9H2,1H3,(H,17,18)(H,19,20). The van der Waals surface area contributed by atoms with Crippen LogP contribution in [-0.2, 0) is 14.3 Å². The summed E-state index contributed by atoms with van der Waals surface area (Å²) in [6, 6.07) is 0. The average molecular weight is 295 g/mol. The van der Waals surface area contributed by atoms with Crippen LogP contribution in [0.2, 0.25) is 0 Å². The number of carboxylic acid groups (broad SMARTS) is 1. The zero-order chi connectivity index (χ0) is 15.0. The van der Waals surface area contributed by atoms with Crippen LogP contribution in [-0.4, -0.2) is 34.7 Å². The van der Waals surface area contributed by atoms with E-state index in [4.69, 9.17) is 4.74 Å². The van der Waals surface area contributed by atoms with Crippen molar-refractivity contribution in [1.29, 1.82) is 0 Å². The maximum atomic E-state index is 12.5.